The average Bonchev–Trinajstić information content (AvgIpc) is 3.46. The molecule has 0 aliphatic rings. The van der Waals surface area contributed by atoms with Gasteiger partial charge < -0.3 is 19.6 Å². The first kappa shape index (κ1) is 18.0. The van der Waals surface area contributed by atoms with Gasteiger partial charge in [0.05, 0.1) is 23.0 Å². The van der Waals surface area contributed by atoms with E-state index in [0.29, 0.717) is 11.3 Å². The molecular formula is C20H18N4O3S. The van der Waals surface area contributed by atoms with Gasteiger partial charge in [-0.2, -0.15) is 0 Å². The molecule has 1 atom stereocenters. The van der Waals surface area contributed by atoms with Gasteiger partial charge in [-0.25, -0.2) is 4.98 Å². The summed E-state index contributed by atoms with van der Waals surface area (Å²) < 4.78 is 8.01. The van der Waals surface area contributed by atoms with Crippen molar-refractivity contribution in [1.82, 2.24) is 20.2 Å². The molecule has 7 nitrogen and oxygen atoms in total. The van der Waals surface area contributed by atoms with Crippen LogP contribution in [0.15, 0.2) is 65.5 Å². The highest BCUT2D eigenvalue weighted by molar-refractivity contribution is 7.20. The molecule has 0 radical (unpaired) electrons. The summed E-state index contributed by atoms with van der Waals surface area (Å²) in [5.74, 6) is 0.0676. The highest BCUT2D eigenvalue weighted by atomic mass is 32.1. The third kappa shape index (κ3) is 3.81. The first-order valence-corrected chi connectivity index (χ1v) is 9.57. The Morgan fingerprint density at radius 1 is 1.21 bits per heavy atom. The molecule has 2 amide bonds. The Hall–Kier alpha value is -3.39. The molecule has 0 fully saturated rings. The predicted octanol–water partition coefficient (Wildman–Crippen LogP) is 3.11. The van der Waals surface area contributed by atoms with Crippen LogP contribution in [-0.2, 0) is 11.3 Å². The van der Waals surface area contributed by atoms with Gasteiger partial charge in [0.2, 0.25) is 5.91 Å². The number of rotatable bonds is 6. The van der Waals surface area contributed by atoms with Crippen LogP contribution in [-0.4, -0.2) is 27.4 Å². The van der Waals surface area contributed by atoms with Crippen LogP contribution in [0, 0.1) is 0 Å². The van der Waals surface area contributed by atoms with Gasteiger partial charge in [0.1, 0.15) is 11.8 Å². The minimum absolute atomic E-state index is 0.279. The fourth-order valence-corrected chi connectivity index (χ4v) is 3.68. The molecule has 0 bridgehead atoms. The minimum atomic E-state index is -0.671. The van der Waals surface area contributed by atoms with Crippen molar-refractivity contribution in [3.8, 4) is 5.13 Å². The number of nitrogens with one attached hydrogen (secondary N) is 2. The number of thiazole rings is 1. The Labute approximate surface area is 165 Å². The highest BCUT2D eigenvalue weighted by Gasteiger charge is 2.17. The molecule has 3 heterocycles. The molecule has 142 valence electrons. The Morgan fingerprint density at radius 2 is 2.04 bits per heavy atom. The van der Waals surface area contributed by atoms with Crippen LogP contribution in [0.5, 0.6) is 0 Å². The maximum atomic E-state index is 12.5. The van der Waals surface area contributed by atoms with Gasteiger partial charge in [-0.1, -0.05) is 11.3 Å². The van der Waals surface area contributed by atoms with Crippen molar-refractivity contribution in [2.24, 2.45) is 0 Å². The van der Waals surface area contributed by atoms with E-state index in [9.17, 15) is 9.59 Å². The number of hydrogen-bond acceptors (Lipinski definition) is 5. The van der Waals surface area contributed by atoms with Gasteiger partial charge >= 0.3 is 0 Å². The normalized spacial score (nSPS) is 12.0. The lowest BCUT2D eigenvalue weighted by atomic mass is 10.2. The van der Waals surface area contributed by atoms with E-state index in [0.717, 1.165) is 15.3 Å². The number of amides is 2. The van der Waals surface area contributed by atoms with Crippen molar-refractivity contribution in [3.05, 3.63) is 72.4 Å². The van der Waals surface area contributed by atoms with E-state index < -0.39 is 6.04 Å². The maximum Gasteiger partial charge on any atom is 0.251 e. The molecule has 0 aliphatic carbocycles. The van der Waals surface area contributed by atoms with E-state index in [1.165, 1.54) is 11.3 Å². The van der Waals surface area contributed by atoms with E-state index in [1.807, 2.05) is 35.2 Å². The van der Waals surface area contributed by atoms with Crippen LogP contribution in [0.25, 0.3) is 15.3 Å². The van der Waals surface area contributed by atoms with Gasteiger partial charge in [0.15, 0.2) is 5.13 Å². The number of fused-ring (bicyclic) bond motifs is 1. The smallest absolute Gasteiger partial charge is 0.251 e. The van der Waals surface area contributed by atoms with E-state index in [4.69, 9.17) is 4.42 Å². The van der Waals surface area contributed by atoms with E-state index in [2.05, 4.69) is 15.6 Å². The average molecular weight is 394 g/mol. The number of carbonyl (C=O) groups is 2. The van der Waals surface area contributed by atoms with Crippen molar-refractivity contribution >= 4 is 33.4 Å². The van der Waals surface area contributed by atoms with E-state index >= 15 is 0 Å². The summed E-state index contributed by atoms with van der Waals surface area (Å²) in [5, 5.41) is 6.29. The number of aromatic nitrogens is 2. The molecule has 3 aromatic heterocycles. The molecule has 1 aromatic carbocycles. The SMILES string of the molecule is CC(NC(=O)c1ccc2nc(-n3cccc3)sc2c1)C(=O)NCc1ccco1. The number of furan rings is 1. The quantitative estimate of drug-likeness (QED) is 0.526. The van der Waals surface area contributed by atoms with Gasteiger partial charge in [-0.05, 0) is 49.4 Å². The minimum Gasteiger partial charge on any atom is -0.467 e. The predicted molar refractivity (Wildman–Crippen MR) is 106 cm³/mol. The molecule has 4 aromatic rings. The van der Waals surface area contributed by atoms with Gasteiger partial charge in [0.25, 0.3) is 5.91 Å². The Balaban J connectivity index is 1.42. The van der Waals surface area contributed by atoms with Crippen LogP contribution < -0.4 is 10.6 Å². The van der Waals surface area contributed by atoms with Crippen molar-refractivity contribution in [2.45, 2.75) is 19.5 Å². The molecule has 28 heavy (non-hydrogen) atoms. The lowest BCUT2D eigenvalue weighted by molar-refractivity contribution is -0.122. The van der Waals surface area contributed by atoms with Crippen molar-refractivity contribution < 1.29 is 14.0 Å². The number of carbonyl (C=O) groups excluding carboxylic acids is 2. The zero-order valence-corrected chi connectivity index (χ0v) is 15.9. The van der Waals surface area contributed by atoms with Crippen molar-refractivity contribution in [3.63, 3.8) is 0 Å². The summed E-state index contributed by atoms with van der Waals surface area (Å²) in [6.45, 7) is 1.92. The number of nitrogens with zero attached hydrogens (tertiary/aromatic N) is 2. The van der Waals surface area contributed by atoms with Gasteiger partial charge in [0, 0.05) is 18.0 Å². The number of hydrogen-bond donors (Lipinski definition) is 2. The Morgan fingerprint density at radius 3 is 2.79 bits per heavy atom. The molecule has 2 N–H and O–H groups in total. The monoisotopic (exact) mass is 394 g/mol. The van der Waals surface area contributed by atoms with Crippen LogP contribution in [0.3, 0.4) is 0 Å². The second kappa shape index (κ2) is 7.69. The molecular weight excluding hydrogens is 376 g/mol. The number of benzene rings is 1. The van der Waals surface area contributed by atoms with Crippen LogP contribution in [0.1, 0.15) is 23.0 Å². The molecule has 1 unspecified atom stereocenters. The maximum absolute atomic E-state index is 12.5. The largest absolute Gasteiger partial charge is 0.467 e. The fourth-order valence-electron chi connectivity index (χ4n) is 2.71. The van der Waals surface area contributed by atoms with Crippen LogP contribution in [0.2, 0.25) is 0 Å². The van der Waals surface area contributed by atoms with Gasteiger partial charge in [-0.3, -0.25) is 9.59 Å². The lowest BCUT2D eigenvalue weighted by Gasteiger charge is -2.13. The van der Waals surface area contributed by atoms with Crippen LogP contribution in [0.4, 0.5) is 0 Å². The lowest BCUT2D eigenvalue weighted by Crippen LogP contribution is -2.44. The topological polar surface area (TPSA) is 89.2 Å². The van der Waals surface area contributed by atoms with Gasteiger partial charge in [-0.15, -0.1) is 0 Å². The second-order valence-corrected chi connectivity index (χ2v) is 7.27. The van der Waals surface area contributed by atoms with Crippen molar-refractivity contribution in [2.75, 3.05) is 0 Å². The van der Waals surface area contributed by atoms with E-state index in [-0.39, 0.29) is 18.4 Å². The first-order valence-electron chi connectivity index (χ1n) is 8.75. The molecule has 0 spiro atoms. The zero-order chi connectivity index (χ0) is 19.5. The summed E-state index contributed by atoms with van der Waals surface area (Å²) in [4.78, 5) is 29.3. The summed E-state index contributed by atoms with van der Waals surface area (Å²) in [5.41, 5.74) is 1.32. The zero-order valence-electron chi connectivity index (χ0n) is 15.1. The highest BCUT2D eigenvalue weighted by Crippen LogP contribution is 2.26. The Bertz CT molecular complexity index is 1100. The van der Waals surface area contributed by atoms with Crippen LogP contribution >= 0.6 is 11.3 Å². The Kier molecular flexibility index (Phi) is 4.94. The summed E-state index contributed by atoms with van der Waals surface area (Å²) in [6, 6.07) is 12.0. The molecule has 4 rings (SSSR count). The molecule has 0 saturated carbocycles. The summed E-state index contributed by atoms with van der Waals surface area (Å²) in [7, 11) is 0. The third-order valence-corrected chi connectivity index (χ3v) is 5.25. The molecule has 0 aliphatic heterocycles. The first-order chi connectivity index (χ1) is 13.6. The fraction of sp³-hybridized carbons (Fsp3) is 0.150. The third-order valence-electron chi connectivity index (χ3n) is 4.22. The van der Waals surface area contributed by atoms with Crippen molar-refractivity contribution in [1.29, 1.82) is 0 Å². The summed E-state index contributed by atoms with van der Waals surface area (Å²) >= 11 is 1.50. The molecule has 0 saturated heterocycles. The standard InChI is InChI=1S/C20H18N4O3S/c1-13(18(25)21-12-15-5-4-10-27-15)22-19(26)14-6-7-16-17(11-14)28-20(23-16)24-8-2-3-9-24/h2-11,13H,12H2,1H3,(H,21,25)(H,22,26). The summed E-state index contributed by atoms with van der Waals surface area (Å²) in [6.07, 6.45) is 5.40. The second-order valence-electron chi connectivity index (χ2n) is 6.26. The molecule has 8 heteroatoms. The van der Waals surface area contributed by atoms with E-state index in [1.54, 1.807) is 37.5 Å².